The third kappa shape index (κ3) is 3.26. The molecule has 1 heterocycles. The highest BCUT2D eigenvalue weighted by Crippen LogP contribution is 2.20. The summed E-state index contributed by atoms with van der Waals surface area (Å²) in [6.45, 7) is 4.09. The van der Waals surface area contributed by atoms with Crippen molar-refractivity contribution in [3.8, 4) is 0 Å². The van der Waals surface area contributed by atoms with Gasteiger partial charge in [0.2, 0.25) is 6.40 Å². The molecule has 1 rings (SSSR count). The van der Waals surface area contributed by atoms with Crippen LogP contribution in [0.3, 0.4) is 0 Å². The molecule has 0 bridgehead atoms. The molecule has 6 heteroatoms. The van der Waals surface area contributed by atoms with Crippen molar-refractivity contribution in [2.24, 2.45) is 10.9 Å². The fourth-order valence-corrected chi connectivity index (χ4v) is 3.49. The molecule has 0 unspecified atom stereocenters. The fourth-order valence-electron chi connectivity index (χ4n) is 1.40. The summed E-state index contributed by atoms with van der Waals surface area (Å²) in [5.74, 6) is 0.380. The zero-order chi connectivity index (χ0) is 10.6. The lowest BCUT2D eigenvalue weighted by Gasteiger charge is -2.05. The average molecular weight is 221 g/mol. The summed E-state index contributed by atoms with van der Waals surface area (Å²) in [7, 11) is -2.90. The van der Waals surface area contributed by atoms with Crippen molar-refractivity contribution < 1.29 is 18.2 Å². The van der Waals surface area contributed by atoms with Crippen molar-refractivity contribution in [1.29, 1.82) is 0 Å². The molecule has 0 aromatic carbocycles. The van der Waals surface area contributed by atoms with Gasteiger partial charge in [0, 0.05) is 0 Å². The molecule has 1 saturated heterocycles. The van der Waals surface area contributed by atoms with E-state index in [0.717, 1.165) is 0 Å². The maximum Gasteiger partial charge on any atom is 0.215 e. The summed E-state index contributed by atoms with van der Waals surface area (Å²) >= 11 is 0. The van der Waals surface area contributed by atoms with Crippen LogP contribution in [-0.4, -0.2) is 39.0 Å². The SMILES string of the molecule is CCOOC=N[C@@H]1CS(=O)(=O)C[C@H]1C. The Morgan fingerprint density at radius 3 is 2.71 bits per heavy atom. The second-order valence-electron chi connectivity index (χ2n) is 3.38. The van der Waals surface area contributed by atoms with E-state index >= 15 is 0 Å². The topological polar surface area (TPSA) is 65.0 Å². The molecule has 0 aromatic heterocycles. The standard InChI is InChI=1S/C8H15NO4S/c1-3-12-13-6-9-8-5-14(10,11)4-7(8)2/h6-8H,3-5H2,1-2H3/t7-,8-/m1/s1. The van der Waals surface area contributed by atoms with Crippen molar-refractivity contribution in [3.63, 3.8) is 0 Å². The van der Waals surface area contributed by atoms with Crippen LogP contribution in [0.2, 0.25) is 0 Å². The van der Waals surface area contributed by atoms with Crippen LogP contribution in [0.25, 0.3) is 0 Å². The lowest BCUT2D eigenvalue weighted by atomic mass is 10.1. The van der Waals surface area contributed by atoms with Crippen LogP contribution in [0.1, 0.15) is 13.8 Å². The van der Waals surface area contributed by atoms with E-state index in [1.807, 2.05) is 6.92 Å². The molecule has 1 fully saturated rings. The third-order valence-corrected chi connectivity index (χ3v) is 3.96. The molecule has 2 atom stereocenters. The summed E-state index contributed by atoms with van der Waals surface area (Å²) in [6, 6.07) is -0.194. The first-order chi connectivity index (χ1) is 6.55. The minimum absolute atomic E-state index is 0.0569. The van der Waals surface area contributed by atoms with Gasteiger partial charge in [0.05, 0.1) is 24.2 Å². The molecule has 0 aromatic rings. The van der Waals surface area contributed by atoms with E-state index in [1.54, 1.807) is 6.92 Å². The predicted octanol–water partition coefficient (Wildman–Crippen LogP) is 0.416. The number of rotatable bonds is 4. The predicted molar refractivity (Wildman–Crippen MR) is 52.8 cm³/mol. The monoisotopic (exact) mass is 221 g/mol. The smallest absolute Gasteiger partial charge is 0.215 e. The van der Waals surface area contributed by atoms with Gasteiger partial charge in [0.25, 0.3) is 0 Å². The average Bonchev–Trinajstić information content (AvgIpc) is 2.34. The van der Waals surface area contributed by atoms with Crippen LogP contribution in [-0.2, 0) is 19.6 Å². The molecule has 0 radical (unpaired) electrons. The van der Waals surface area contributed by atoms with Crippen LogP contribution in [0.5, 0.6) is 0 Å². The lowest BCUT2D eigenvalue weighted by molar-refractivity contribution is -0.212. The Morgan fingerprint density at radius 1 is 1.50 bits per heavy atom. The molecular weight excluding hydrogens is 206 g/mol. The van der Waals surface area contributed by atoms with Gasteiger partial charge in [-0.05, 0) is 12.8 Å². The Balaban J connectivity index is 2.43. The molecule has 0 amide bonds. The van der Waals surface area contributed by atoms with E-state index in [0.29, 0.717) is 6.61 Å². The quantitative estimate of drug-likeness (QED) is 0.227. The summed E-state index contributed by atoms with van der Waals surface area (Å²) in [4.78, 5) is 13.1. The van der Waals surface area contributed by atoms with E-state index in [9.17, 15) is 8.42 Å². The van der Waals surface area contributed by atoms with Crippen molar-refractivity contribution >= 4 is 16.2 Å². The first-order valence-electron chi connectivity index (χ1n) is 4.55. The normalized spacial score (nSPS) is 31.0. The van der Waals surface area contributed by atoms with Gasteiger partial charge in [-0.1, -0.05) is 6.92 Å². The molecule has 0 N–H and O–H groups in total. The second-order valence-corrected chi connectivity index (χ2v) is 5.53. The molecule has 82 valence electrons. The highest BCUT2D eigenvalue weighted by atomic mass is 32.2. The van der Waals surface area contributed by atoms with Crippen molar-refractivity contribution in [2.45, 2.75) is 19.9 Å². The van der Waals surface area contributed by atoms with Gasteiger partial charge in [-0.3, -0.25) is 4.99 Å². The Bertz CT molecular complexity index is 298. The van der Waals surface area contributed by atoms with Gasteiger partial charge in [0.1, 0.15) is 0 Å². The van der Waals surface area contributed by atoms with E-state index < -0.39 is 9.84 Å². The number of sulfone groups is 1. The molecule has 0 saturated carbocycles. The van der Waals surface area contributed by atoms with Crippen LogP contribution < -0.4 is 0 Å². The van der Waals surface area contributed by atoms with Gasteiger partial charge >= 0.3 is 0 Å². The minimum Gasteiger partial charge on any atom is -0.325 e. The van der Waals surface area contributed by atoms with Crippen molar-refractivity contribution in [2.75, 3.05) is 18.1 Å². The maximum atomic E-state index is 11.2. The molecule has 5 nitrogen and oxygen atoms in total. The summed E-state index contributed by atoms with van der Waals surface area (Å²) < 4.78 is 22.4. The van der Waals surface area contributed by atoms with Crippen LogP contribution in [0.15, 0.2) is 4.99 Å². The second kappa shape index (κ2) is 4.75. The molecular formula is C8H15NO4S. The maximum absolute atomic E-state index is 11.2. The Kier molecular flexibility index (Phi) is 3.88. The third-order valence-electron chi connectivity index (χ3n) is 2.08. The molecule has 1 aliphatic heterocycles. The van der Waals surface area contributed by atoms with Crippen molar-refractivity contribution in [1.82, 2.24) is 0 Å². The zero-order valence-corrected chi connectivity index (χ0v) is 9.16. The van der Waals surface area contributed by atoms with Gasteiger partial charge in [-0.2, -0.15) is 4.89 Å². The molecule has 14 heavy (non-hydrogen) atoms. The summed E-state index contributed by atoms with van der Waals surface area (Å²) in [5, 5.41) is 0. The highest BCUT2D eigenvalue weighted by molar-refractivity contribution is 7.91. The van der Waals surface area contributed by atoms with E-state index in [4.69, 9.17) is 0 Å². The van der Waals surface area contributed by atoms with Crippen LogP contribution in [0.4, 0.5) is 0 Å². The minimum atomic E-state index is -2.90. The highest BCUT2D eigenvalue weighted by Gasteiger charge is 2.34. The van der Waals surface area contributed by atoms with E-state index in [2.05, 4.69) is 14.8 Å². The Labute approximate surface area is 84.0 Å². The lowest BCUT2D eigenvalue weighted by Crippen LogP contribution is -2.13. The summed E-state index contributed by atoms with van der Waals surface area (Å²) in [5.41, 5.74) is 0. The first-order valence-corrected chi connectivity index (χ1v) is 6.37. The molecule has 0 spiro atoms. The van der Waals surface area contributed by atoms with E-state index in [1.165, 1.54) is 6.40 Å². The van der Waals surface area contributed by atoms with Gasteiger partial charge in [-0.15, -0.1) is 0 Å². The zero-order valence-electron chi connectivity index (χ0n) is 8.34. The Hall–Kier alpha value is -0.620. The number of aliphatic imine (C=N–C) groups is 1. The number of hydrogen-bond donors (Lipinski definition) is 0. The largest absolute Gasteiger partial charge is 0.325 e. The molecule has 1 aliphatic rings. The number of nitrogens with zero attached hydrogens (tertiary/aromatic N) is 1. The van der Waals surface area contributed by atoms with Gasteiger partial charge in [-0.25, -0.2) is 8.42 Å². The molecule has 0 aliphatic carbocycles. The van der Waals surface area contributed by atoms with Crippen LogP contribution >= 0.6 is 0 Å². The first kappa shape index (κ1) is 11.5. The Morgan fingerprint density at radius 2 is 2.21 bits per heavy atom. The number of hydrogen-bond acceptors (Lipinski definition) is 5. The van der Waals surface area contributed by atoms with Gasteiger partial charge < -0.3 is 4.89 Å². The van der Waals surface area contributed by atoms with Crippen molar-refractivity contribution in [3.05, 3.63) is 0 Å². The van der Waals surface area contributed by atoms with Gasteiger partial charge in [0.15, 0.2) is 9.84 Å². The summed E-state index contributed by atoms with van der Waals surface area (Å²) in [6.07, 6.45) is 1.17. The fraction of sp³-hybridized carbons (Fsp3) is 0.875. The van der Waals surface area contributed by atoms with E-state index in [-0.39, 0.29) is 23.5 Å². The van der Waals surface area contributed by atoms with Crippen LogP contribution in [0, 0.1) is 5.92 Å².